The molecule has 1 saturated heterocycles. The highest BCUT2D eigenvalue weighted by Gasteiger charge is 2.57. The Hall–Kier alpha value is -2.32. The number of fused-ring (bicyclic) bond motifs is 1. The van der Waals surface area contributed by atoms with Crippen LogP contribution in [0, 0.1) is 17.3 Å². The molecule has 2 aromatic heterocycles. The van der Waals surface area contributed by atoms with Gasteiger partial charge in [-0.3, -0.25) is 14.0 Å². The number of nitrogens with zero attached hydrogens (tertiary/aromatic N) is 5. The summed E-state index contributed by atoms with van der Waals surface area (Å²) in [5, 5.41) is 0. The molecular weight excluding hydrogens is 460 g/mol. The Kier molecular flexibility index (Phi) is 6.70. The summed E-state index contributed by atoms with van der Waals surface area (Å²) in [4.78, 5) is 22.3. The third-order valence-electron chi connectivity index (χ3n) is 7.67. The van der Waals surface area contributed by atoms with Gasteiger partial charge < -0.3 is 4.90 Å². The van der Waals surface area contributed by atoms with Crippen LogP contribution in [0.4, 0.5) is 8.78 Å². The van der Waals surface area contributed by atoms with E-state index in [1.807, 2.05) is 10.6 Å². The number of imidazole rings is 1. The molecule has 0 radical (unpaired) electrons. The SMILES string of the molecule is Cn1c(=O)n(CC(C)(C)C)c2ccc(CC3C=C(CN4CCN(CC5CC5(F)F)CC4)C=CC3)nc21. The third kappa shape index (κ3) is 5.65. The van der Waals surface area contributed by atoms with Crippen molar-refractivity contribution in [1.29, 1.82) is 0 Å². The molecule has 2 fully saturated rings. The van der Waals surface area contributed by atoms with Gasteiger partial charge in [0, 0.05) is 70.9 Å². The second-order valence-electron chi connectivity index (χ2n) is 12.2. The van der Waals surface area contributed by atoms with Crippen LogP contribution in [0.15, 0.2) is 40.7 Å². The average molecular weight is 500 g/mol. The Morgan fingerprint density at radius 2 is 1.81 bits per heavy atom. The molecule has 3 aliphatic rings. The second kappa shape index (κ2) is 9.53. The van der Waals surface area contributed by atoms with Gasteiger partial charge in [-0.05, 0) is 41.9 Å². The molecule has 2 aromatic rings. The van der Waals surface area contributed by atoms with Crippen molar-refractivity contribution in [2.45, 2.75) is 52.5 Å². The standard InChI is InChI=1S/C28H39F2N5O/c1-27(2,3)19-35-24-9-8-23(31-25(24)32(4)26(35)36)15-20-6-5-7-21(14-20)17-33-10-12-34(13-11-33)18-22-16-28(22,29)30/h5,7-9,14,20,22H,6,10-13,15-19H2,1-4H3. The number of hydrogen-bond donors (Lipinski definition) is 0. The van der Waals surface area contributed by atoms with E-state index in [0.29, 0.717) is 19.0 Å². The van der Waals surface area contributed by atoms with E-state index < -0.39 is 11.8 Å². The summed E-state index contributed by atoms with van der Waals surface area (Å²) in [6, 6.07) is 4.11. The van der Waals surface area contributed by atoms with Crippen molar-refractivity contribution in [2.24, 2.45) is 24.3 Å². The number of piperazine rings is 1. The summed E-state index contributed by atoms with van der Waals surface area (Å²) >= 11 is 0. The van der Waals surface area contributed by atoms with E-state index in [0.717, 1.165) is 62.4 Å². The Morgan fingerprint density at radius 3 is 2.47 bits per heavy atom. The first-order chi connectivity index (χ1) is 17.0. The van der Waals surface area contributed by atoms with Gasteiger partial charge in [-0.15, -0.1) is 0 Å². The molecule has 0 aromatic carbocycles. The Morgan fingerprint density at radius 1 is 1.11 bits per heavy atom. The largest absolute Gasteiger partial charge is 0.330 e. The van der Waals surface area contributed by atoms with Crippen LogP contribution in [0.1, 0.15) is 39.3 Å². The van der Waals surface area contributed by atoms with Gasteiger partial charge in [-0.1, -0.05) is 39.0 Å². The number of allylic oxidation sites excluding steroid dienone is 2. The van der Waals surface area contributed by atoms with Crippen LogP contribution >= 0.6 is 0 Å². The highest BCUT2D eigenvalue weighted by molar-refractivity contribution is 5.71. The van der Waals surface area contributed by atoms with Crippen molar-refractivity contribution in [2.75, 3.05) is 39.3 Å². The molecule has 0 bridgehead atoms. The van der Waals surface area contributed by atoms with Crippen molar-refractivity contribution in [3.63, 3.8) is 0 Å². The zero-order valence-electron chi connectivity index (χ0n) is 22.0. The van der Waals surface area contributed by atoms with Crippen molar-refractivity contribution in [1.82, 2.24) is 23.9 Å². The lowest BCUT2D eigenvalue weighted by molar-refractivity contribution is 0.0752. The number of hydrogen-bond acceptors (Lipinski definition) is 4. The van der Waals surface area contributed by atoms with Crippen molar-refractivity contribution in [3.05, 3.63) is 52.1 Å². The predicted octanol–water partition coefficient (Wildman–Crippen LogP) is 4.10. The van der Waals surface area contributed by atoms with Crippen LogP contribution in [0.3, 0.4) is 0 Å². The van der Waals surface area contributed by atoms with Crippen LogP contribution < -0.4 is 5.69 Å². The van der Waals surface area contributed by atoms with Crippen molar-refractivity contribution < 1.29 is 8.78 Å². The summed E-state index contributed by atoms with van der Waals surface area (Å²) in [6.07, 6.45) is 8.72. The molecule has 1 saturated carbocycles. The Labute approximate surface area is 212 Å². The first kappa shape index (κ1) is 25.3. The molecule has 1 aliphatic heterocycles. The quantitative estimate of drug-likeness (QED) is 0.576. The maximum Gasteiger partial charge on any atom is 0.330 e. The normalized spacial score (nSPS) is 24.9. The molecule has 0 N–H and O–H groups in total. The lowest BCUT2D eigenvalue weighted by atomic mass is 9.91. The summed E-state index contributed by atoms with van der Waals surface area (Å²) in [7, 11) is 1.80. The van der Waals surface area contributed by atoms with Crippen LogP contribution in [0.25, 0.3) is 11.2 Å². The van der Waals surface area contributed by atoms with E-state index >= 15 is 0 Å². The summed E-state index contributed by atoms with van der Waals surface area (Å²) < 4.78 is 30.0. The molecule has 196 valence electrons. The van der Waals surface area contributed by atoms with E-state index in [1.54, 1.807) is 11.6 Å². The minimum absolute atomic E-state index is 0.00491. The van der Waals surface area contributed by atoms with Gasteiger partial charge in [0.15, 0.2) is 5.65 Å². The molecule has 3 heterocycles. The fourth-order valence-corrected chi connectivity index (χ4v) is 5.56. The number of halogens is 2. The maximum absolute atomic E-state index is 13.2. The fraction of sp³-hybridized carbons (Fsp3) is 0.643. The third-order valence-corrected chi connectivity index (χ3v) is 7.67. The lowest BCUT2D eigenvalue weighted by Crippen LogP contribution is -2.47. The molecule has 2 atom stereocenters. The highest BCUT2D eigenvalue weighted by Crippen LogP contribution is 2.48. The first-order valence-corrected chi connectivity index (χ1v) is 13.2. The number of alkyl halides is 2. The minimum atomic E-state index is -2.42. The Balaban J connectivity index is 1.20. The monoisotopic (exact) mass is 499 g/mol. The van der Waals surface area contributed by atoms with Gasteiger partial charge in [0.2, 0.25) is 0 Å². The van der Waals surface area contributed by atoms with Gasteiger partial charge >= 0.3 is 5.69 Å². The second-order valence-corrected chi connectivity index (χ2v) is 12.2. The average Bonchev–Trinajstić information content (AvgIpc) is 3.35. The number of aromatic nitrogens is 3. The number of aryl methyl sites for hydroxylation is 1. The zero-order valence-corrected chi connectivity index (χ0v) is 22.0. The molecule has 6 nitrogen and oxygen atoms in total. The van der Waals surface area contributed by atoms with Crippen molar-refractivity contribution in [3.8, 4) is 0 Å². The molecule has 5 rings (SSSR count). The summed E-state index contributed by atoms with van der Waals surface area (Å²) in [5.41, 5.74) is 3.96. The predicted molar refractivity (Wildman–Crippen MR) is 139 cm³/mol. The van der Waals surface area contributed by atoms with Crippen molar-refractivity contribution >= 4 is 11.2 Å². The molecule has 0 spiro atoms. The van der Waals surface area contributed by atoms with Crippen LogP contribution in [-0.2, 0) is 20.0 Å². The molecule has 2 aliphatic carbocycles. The minimum Gasteiger partial charge on any atom is -0.300 e. The van der Waals surface area contributed by atoms with Gasteiger partial charge in [0.1, 0.15) is 0 Å². The highest BCUT2D eigenvalue weighted by atomic mass is 19.3. The topological polar surface area (TPSA) is 46.3 Å². The Bertz CT molecular complexity index is 1230. The van der Waals surface area contributed by atoms with E-state index in [2.05, 4.69) is 54.9 Å². The smallest absolute Gasteiger partial charge is 0.300 e. The molecular formula is C28H39F2N5O. The molecule has 36 heavy (non-hydrogen) atoms. The summed E-state index contributed by atoms with van der Waals surface area (Å²) in [5.74, 6) is -2.47. The van der Waals surface area contributed by atoms with Gasteiger partial charge in [0.05, 0.1) is 5.52 Å². The number of pyridine rings is 1. The van der Waals surface area contributed by atoms with Crippen LogP contribution in [-0.4, -0.2) is 69.1 Å². The summed E-state index contributed by atoms with van der Waals surface area (Å²) in [6.45, 7) is 12.1. The fourth-order valence-electron chi connectivity index (χ4n) is 5.56. The van der Waals surface area contributed by atoms with Gasteiger partial charge in [0.25, 0.3) is 5.92 Å². The zero-order chi connectivity index (χ0) is 25.7. The van der Waals surface area contributed by atoms with E-state index in [4.69, 9.17) is 4.98 Å². The van der Waals surface area contributed by atoms with E-state index in [-0.39, 0.29) is 17.5 Å². The molecule has 8 heteroatoms. The maximum atomic E-state index is 13.2. The van der Waals surface area contributed by atoms with E-state index in [9.17, 15) is 13.6 Å². The first-order valence-electron chi connectivity index (χ1n) is 13.2. The molecule has 0 amide bonds. The van der Waals surface area contributed by atoms with Crippen LogP contribution in [0.2, 0.25) is 0 Å². The van der Waals surface area contributed by atoms with Crippen LogP contribution in [0.5, 0.6) is 0 Å². The van der Waals surface area contributed by atoms with Gasteiger partial charge in [-0.25, -0.2) is 18.6 Å². The number of rotatable bonds is 7. The van der Waals surface area contributed by atoms with E-state index in [1.165, 1.54) is 5.57 Å². The molecule has 2 unspecified atom stereocenters. The lowest BCUT2D eigenvalue weighted by Gasteiger charge is -2.35. The van der Waals surface area contributed by atoms with Gasteiger partial charge in [-0.2, -0.15) is 0 Å².